The molecule has 3 N–H and O–H groups in total. The van der Waals surface area contributed by atoms with Crippen molar-refractivity contribution in [1.29, 1.82) is 0 Å². The Morgan fingerprint density at radius 2 is 2.00 bits per heavy atom. The van der Waals surface area contributed by atoms with Crippen molar-refractivity contribution in [2.45, 2.75) is 6.54 Å². The van der Waals surface area contributed by atoms with E-state index in [1.54, 1.807) is 12.1 Å². The number of ether oxygens (including phenoxy) is 1. The van der Waals surface area contributed by atoms with Gasteiger partial charge in [0.25, 0.3) is 5.91 Å². The van der Waals surface area contributed by atoms with Crippen LogP contribution in [-0.4, -0.2) is 36.1 Å². The molecule has 0 aliphatic carbocycles. The van der Waals surface area contributed by atoms with Crippen LogP contribution in [0.5, 0.6) is 5.88 Å². The van der Waals surface area contributed by atoms with Gasteiger partial charge in [-0.25, -0.2) is 4.98 Å². The zero-order valence-corrected chi connectivity index (χ0v) is 14.4. The Hall–Kier alpha value is -3.19. The summed E-state index contributed by atoms with van der Waals surface area (Å²) in [5.41, 5.74) is 1.28. The molecule has 7 nitrogen and oxygen atoms in total. The zero-order valence-electron chi connectivity index (χ0n) is 14.4. The molecule has 0 aliphatic heterocycles. The number of nitrogens with one attached hydrogen (secondary N) is 3. The molecule has 3 rings (SSSR count). The first-order chi connectivity index (χ1) is 12.7. The predicted molar refractivity (Wildman–Crippen MR) is 99.4 cm³/mol. The summed E-state index contributed by atoms with van der Waals surface area (Å²) in [5.74, 6) is -0.0969. The van der Waals surface area contributed by atoms with Crippen molar-refractivity contribution >= 4 is 16.9 Å². The summed E-state index contributed by atoms with van der Waals surface area (Å²) in [5, 5.41) is 5.72. The van der Waals surface area contributed by atoms with E-state index >= 15 is 0 Å². The number of fused-ring (bicyclic) bond motifs is 1. The fourth-order valence-electron chi connectivity index (χ4n) is 2.45. The molecular weight excluding hydrogens is 332 g/mol. The number of carbonyl (C=O) groups is 1. The van der Waals surface area contributed by atoms with Gasteiger partial charge in [-0.1, -0.05) is 30.3 Å². The fraction of sp³-hybridized carbons (Fsp3) is 0.211. The maximum Gasteiger partial charge on any atom is 0.257 e. The van der Waals surface area contributed by atoms with Gasteiger partial charge >= 0.3 is 0 Å². The van der Waals surface area contributed by atoms with Crippen LogP contribution in [0.2, 0.25) is 0 Å². The number of carbonyl (C=O) groups excluding carboxylic acids is 1. The topological polar surface area (TPSA) is 96.1 Å². The van der Waals surface area contributed by atoms with Crippen LogP contribution in [0, 0.1) is 0 Å². The molecule has 0 radical (unpaired) electrons. The van der Waals surface area contributed by atoms with Gasteiger partial charge in [-0.2, -0.15) is 0 Å². The van der Waals surface area contributed by atoms with Crippen molar-refractivity contribution in [2.75, 3.05) is 20.2 Å². The quantitative estimate of drug-likeness (QED) is 0.559. The molecule has 134 valence electrons. The second kappa shape index (κ2) is 8.26. The minimum absolute atomic E-state index is 0.0216. The van der Waals surface area contributed by atoms with E-state index in [4.69, 9.17) is 4.74 Å². The maximum absolute atomic E-state index is 12.7. The van der Waals surface area contributed by atoms with Crippen LogP contribution in [0.4, 0.5) is 0 Å². The van der Waals surface area contributed by atoms with Crippen molar-refractivity contribution in [1.82, 2.24) is 20.6 Å². The Morgan fingerprint density at radius 3 is 2.77 bits per heavy atom. The van der Waals surface area contributed by atoms with Gasteiger partial charge in [-0.15, -0.1) is 0 Å². The van der Waals surface area contributed by atoms with E-state index in [2.05, 4.69) is 20.6 Å². The molecule has 2 heterocycles. The zero-order chi connectivity index (χ0) is 18.4. The van der Waals surface area contributed by atoms with Gasteiger partial charge in [0.15, 0.2) is 0 Å². The van der Waals surface area contributed by atoms with Gasteiger partial charge in [-0.3, -0.25) is 9.59 Å². The first-order valence-corrected chi connectivity index (χ1v) is 8.31. The predicted octanol–water partition coefficient (Wildman–Crippen LogP) is 1.45. The third-order valence-electron chi connectivity index (χ3n) is 3.84. The lowest BCUT2D eigenvalue weighted by molar-refractivity contribution is 0.0949. The molecule has 7 heteroatoms. The average molecular weight is 352 g/mol. The van der Waals surface area contributed by atoms with Gasteiger partial charge in [0, 0.05) is 25.4 Å². The van der Waals surface area contributed by atoms with Gasteiger partial charge in [0.2, 0.25) is 11.3 Å². The smallest absolute Gasteiger partial charge is 0.257 e. The molecule has 0 fully saturated rings. The van der Waals surface area contributed by atoms with Gasteiger partial charge < -0.3 is 20.4 Å². The van der Waals surface area contributed by atoms with Crippen molar-refractivity contribution < 1.29 is 9.53 Å². The number of hydrogen-bond donors (Lipinski definition) is 3. The minimum Gasteiger partial charge on any atom is -0.476 e. The highest BCUT2D eigenvalue weighted by atomic mass is 16.5. The molecule has 3 aromatic rings. The SMILES string of the molecule is CNCCOc1ccc2[nH]cc(C(=O)NCc3ccccc3)c(=O)c2n1. The van der Waals surface area contributed by atoms with Gasteiger partial charge in [0.05, 0.1) is 5.52 Å². The van der Waals surface area contributed by atoms with Crippen LogP contribution in [-0.2, 0) is 6.54 Å². The van der Waals surface area contributed by atoms with E-state index in [1.807, 2.05) is 37.4 Å². The van der Waals surface area contributed by atoms with E-state index in [9.17, 15) is 9.59 Å². The molecule has 0 aliphatic rings. The van der Waals surface area contributed by atoms with Crippen LogP contribution in [0.1, 0.15) is 15.9 Å². The van der Waals surface area contributed by atoms with Crippen LogP contribution in [0.15, 0.2) is 53.5 Å². The van der Waals surface area contributed by atoms with Gasteiger partial charge in [-0.05, 0) is 18.7 Å². The molecule has 0 unspecified atom stereocenters. The molecule has 1 aromatic carbocycles. The summed E-state index contributed by atoms with van der Waals surface area (Å²) in [6.45, 7) is 1.44. The van der Waals surface area contributed by atoms with Crippen molar-refractivity contribution in [3.05, 3.63) is 70.0 Å². The second-order valence-corrected chi connectivity index (χ2v) is 5.70. The standard InChI is InChI=1S/C19H20N4O3/c1-20-9-10-26-16-8-7-15-17(23-16)18(24)14(12-21-15)19(25)22-11-13-5-3-2-4-6-13/h2-8,12,20H,9-11H2,1H3,(H,21,24)(H,22,25). The molecular formula is C19H20N4O3. The number of aromatic nitrogens is 2. The van der Waals surface area contributed by atoms with E-state index < -0.39 is 11.3 Å². The first kappa shape index (κ1) is 17.6. The highest BCUT2D eigenvalue weighted by Crippen LogP contribution is 2.12. The summed E-state index contributed by atoms with van der Waals surface area (Å²) in [6, 6.07) is 12.9. The molecule has 0 bridgehead atoms. The summed E-state index contributed by atoms with van der Waals surface area (Å²) in [6.07, 6.45) is 1.41. The Balaban J connectivity index is 1.80. The van der Waals surface area contributed by atoms with E-state index in [1.165, 1.54) is 6.20 Å². The lowest BCUT2D eigenvalue weighted by Gasteiger charge is -2.08. The number of likely N-dealkylation sites (N-methyl/N-ethyl adjacent to an activating group) is 1. The van der Waals surface area contributed by atoms with Crippen LogP contribution < -0.4 is 20.8 Å². The van der Waals surface area contributed by atoms with E-state index in [-0.39, 0.29) is 11.1 Å². The number of nitrogens with zero attached hydrogens (tertiary/aromatic N) is 1. The summed E-state index contributed by atoms with van der Waals surface area (Å²) < 4.78 is 5.49. The normalized spacial score (nSPS) is 10.7. The lowest BCUT2D eigenvalue weighted by Crippen LogP contribution is -2.28. The van der Waals surface area contributed by atoms with Crippen molar-refractivity contribution in [3.63, 3.8) is 0 Å². The second-order valence-electron chi connectivity index (χ2n) is 5.70. The Labute approximate surface area is 150 Å². The minimum atomic E-state index is -0.444. The third-order valence-corrected chi connectivity index (χ3v) is 3.84. The number of benzene rings is 1. The van der Waals surface area contributed by atoms with E-state index in [0.29, 0.717) is 31.1 Å². The summed E-state index contributed by atoms with van der Waals surface area (Å²) >= 11 is 0. The number of pyridine rings is 2. The highest BCUT2D eigenvalue weighted by Gasteiger charge is 2.14. The first-order valence-electron chi connectivity index (χ1n) is 8.31. The molecule has 2 aromatic heterocycles. The van der Waals surface area contributed by atoms with Crippen LogP contribution in [0.3, 0.4) is 0 Å². The molecule has 26 heavy (non-hydrogen) atoms. The largest absolute Gasteiger partial charge is 0.476 e. The molecule has 1 amide bonds. The number of aromatic amines is 1. The third kappa shape index (κ3) is 4.07. The number of hydrogen-bond acceptors (Lipinski definition) is 5. The van der Waals surface area contributed by atoms with Crippen LogP contribution >= 0.6 is 0 Å². The average Bonchev–Trinajstić information content (AvgIpc) is 2.68. The van der Waals surface area contributed by atoms with Crippen LogP contribution in [0.25, 0.3) is 11.0 Å². The summed E-state index contributed by atoms with van der Waals surface area (Å²) in [4.78, 5) is 32.2. The molecule has 0 saturated carbocycles. The molecule has 0 spiro atoms. The number of rotatable bonds is 7. The highest BCUT2D eigenvalue weighted by molar-refractivity contribution is 5.96. The summed E-state index contributed by atoms with van der Waals surface area (Å²) in [7, 11) is 1.82. The lowest BCUT2D eigenvalue weighted by atomic mass is 10.2. The number of amides is 1. The Bertz CT molecular complexity index is 954. The molecule has 0 atom stereocenters. The number of H-pyrrole nitrogens is 1. The Morgan fingerprint density at radius 1 is 1.19 bits per heavy atom. The van der Waals surface area contributed by atoms with Gasteiger partial charge in [0.1, 0.15) is 17.7 Å². The van der Waals surface area contributed by atoms with E-state index in [0.717, 1.165) is 5.56 Å². The van der Waals surface area contributed by atoms with Crippen molar-refractivity contribution in [2.24, 2.45) is 0 Å². The Kier molecular flexibility index (Phi) is 5.60. The van der Waals surface area contributed by atoms with Crippen molar-refractivity contribution in [3.8, 4) is 5.88 Å². The molecule has 0 saturated heterocycles. The monoisotopic (exact) mass is 352 g/mol. The maximum atomic E-state index is 12.7. The fourth-order valence-corrected chi connectivity index (χ4v) is 2.45.